The van der Waals surface area contributed by atoms with Crippen molar-refractivity contribution in [2.75, 3.05) is 6.61 Å². The SMILES string of the molecule is CCC1CCC(NC(=O)C2CCOC2C)(C(=O)O)CC1. The molecule has 114 valence electrons. The minimum atomic E-state index is -1.06. The van der Waals surface area contributed by atoms with Crippen molar-refractivity contribution in [3.8, 4) is 0 Å². The first-order valence-corrected chi connectivity index (χ1v) is 7.65. The molecular formula is C15H25NO4. The normalized spacial score (nSPS) is 37.6. The highest BCUT2D eigenvalue weighted by atomic mass is 16.5. The molecule has 0 aromatic rings. The molecule has 0 aromatic carbocycles. The Kier molecular flexibility index (Phi) is 4.68. The first-order chi connectivity index (χ1) is 9.48. The van der Waals surface area contributed by atoms with Crippen molar-refractivity contribution in [2.45, 2.75) is 64.0 Å². The van der Waals surface area contributed by atoms with Crippen LogP contribution in [-0.2, 0) is 14.3 Å². The Morgan fingerprint density at radius 3 is 2.40 bits per heavy atom. The van der Waals surface area contributed by atoms with E-state index < -0.39 is 11.5 Å². The molecule has 0 aromatic heterocycles. The Morgan fingerprint density at radius 2 is 1.95 bits per heavy atom. The smallest absolute Gasteiger partial charge is 0.329 e. The largest absolute Gasteiger partial charge is 0.480 e. The summed E-state index contributed by atoms with van der Waals surface area (Å²) in [4.78, 5) is 24.0. The Labute approximate surface area is 120 Å². The number of nitrogens with one attached hydrogen (secondary N) is 1. The van der Waals surface area contributed by atoms with Crippen molar-refractivity contribution in [1.82, 2.24) is 5.32 Å². The van der Waals surface area contributed by atoms with Crippen LogP contribution in [0.4, 0.5) is 0 Å². The molecule has 1 amide bonds. The third-order valence-corrected chi connectivity index (χ3v) is 5.02. The van der Waals surface area contributed by atoms with Gasteiger partial charge in [-0.1, -0.05) is 13.3 Å². The van der Waals surface area contributed by atoms with E-state index in [4.69, 9.17) is 4.74 Å². The summed E-state index contributed by atoms with van der Waals surface area (Å²) in [7, 11) is 0. The summed E-state index contributed by atoms with van der Waals surface area (Å²) < 4.78 is 5.40. The van der Waals surface area contributed by atoms with Crippen molar-refractivity contribution >= 4 is 11.9 Å². The van der Waals surface area contributed by atoms with Gasteiger partial charge >= 0.3 is 5.97 Å². The highest BCUT2D eigenvalue weighted by molar-refractivity contribution is 5.88. The average Bonchev–Trinajstić information content (AvgIpc) is 2.85. The highest BCUT2D eigenvalue weighted by Gasteiger charge is 2.45. The zero-order valence-electron chi connectivity index (χ0n) is 12.4. The molecule has 0 radical (unpaired) electrons. The van der Waals surface area contributed by atoms with Gasteiger partial charge in [-0.25, -0.2) is 4.79 Å². The van der Waals surface area contributed by atoms with Gasteiger partial charge in [-0.15, -0.1) is 0 Å². The van der Waals surface area contributed by atoms with Gasteiger partial charge in [0, 0.05) is 6.61 Å². The molecule has 1 aliphatic carbocycles. The van der Waals surface area contributed by atoms with Crippen LogP contribution in [0.2, 0.25) is 0 Å². The number of carboxylic acid groups (broad SMARTS) is 1. The van der Waals surface area contributed by atoms with E-state index >= 15 is 0 Å². The van der Waals surface area contributed by atoms with Gasteiger partial charge in [-0.05, 0) is 44.9 Å². The maximum atomic E-state index is 12.3. The summed E-state index contributed by atoms with van der Waals surface area (Å²) in [5.74, 6) is -0.678. The van der Waals surface area contributed by atoms with Crippen LogP contribution < -0.4 is 5.32 Å². The van der Waals surface area contributed by atoms with E-state index in [0.717, 1.165) is 19.3 Å². The van der Waals surface area contributed by atoms with Gasteiger partial charge in [-0.2, -0.15) is 0 Å². The molecule has 2 unspecified atom stereocenters. The number of carbonyl (C=O) groups excluding carboxylic acids is 1. The lowest BCUT2D eigenvalue weighted by atomic mass is 9.75. The number of ether oxygens (including phenoxy) is 1. The third-order valence-electron chi connectivity index (χ3n) is 5.02. The van der Waals surface area contributed by atoms with Crippen molar-refractivity contribution in [1.29, 1.82) is 0 Å². The predicted molar refractivity (Wildman–Crippen MR) is 74.3 cm³/mol. The number of carboxylic acids is 1. The standard InChI is InChI=1S/C15H25NO4/c1-3-11-4-7-15(8-5-11,14(18)19)16-13(17)12-6-9-20-10(12)2/h10-12H,3-9H2,1-2H3,(H,16,17)(H,18,19). The number of rotatable bonds is 4. The number of hydrogen-bond acceptors (Lipinski definition) is 3. The van der Waals surface area contributed by atoms with Crippen LogP contribution in [0.3, 0.4) is 0 Å². The van der Waals surface area contributed by atoms with Gasteiger partial charge < -0.3 is 15.2 Å². The van der Waals surface area contributed by atoms with Crippen LogP contribution >= 0.6 is 0 Å². The van der Waals surface area contributed by atoms with Crippen LogP contribution in [0.1, 0.15) is 52.4 Å². The monoisotopic (exact) mass is 283 g/mol. The predicted octanol–water partition coefficient (Wildman–Crippen LogP) is 1.95. The molecule has 20 heavy (non-hydrogen) atoms. The molecule has 5 heteroatoms. The molecular weight excluding hydrogens is 258 g/mol. The quantitative estimate of drug-likeness (QED) is 0.827. The summed E-state index contributed by atoms with van der Waals surface area (Å²) in [5.41, 5.74) is -1.06. The minimum Gasteiger partial charge on any atom is -0.480 e. The van der Waals surface area contributed by atoms with Crippen molar-refractivity contribution in [2.24, 2.45) is 11.8 Å². The number of carbonyl (C=O) groups is 2. The fourth-order valence-electron chi connectivity index (χ4n) is 3.38. The third kappa shape index (κ3) is 2.97. The summed E-state index contributed by atoms with van der Waals surface area (Å²) >= 11 is 0. The molecule has 2 aliphatic rings. The van der Waals surface area contributed by atoms with Crippen LogP contribution in [0.15, 0.2) is 0 Å². The molecule has 1 saturated carbocycles. The van der Waals surface area contributed by atoms with Crippen LogP contribution in [-0.4, -0.2) is 35.2 Å². The van der Waals surface area contributed by atoms with E-state index in [-0.39, 0.29) is 17.9 Å². The van der Waals surface area contributed by atoms with Crippen molar-refractivity contribution in [3.63, 3.8) is 0 Å². The Morgan fingerprint density at radius 1 is 1.30 bits per heavy atom. The first-order valence-electron chi connectivity index (χ1n) is 7.65. The second kappa shape index (κ2) is 6.12. The van der Waals surface area contributed by atoms with Crippen molar-refractivity contribution < 1.29 is 19.4 Å². The van der Waals surface area contributed by atoms with E-state index in [1.54, 1.807) is 0 Å². The second-order valence-corrected chi connectivity index (χ2v) is 6.20. The van der Waals surface area contributed by atoms with Gasteiger partial charge in [0.25, 0.3) is 0 Å². The fraction of sp³-hybridized carbons (Fsp3) is 0.867. The lowest BCUT2D eigenvalue weighted by Crippen LogP contribution is -2.58. The van der Waals surface area contributed by atoms with E-state index in [0.29, 0.717) is 31.8 Å². The van der Waals surface area contributed by atoms with Gasteiger partial charge in [0.05, 0.1) is 12.0 Å². The lowest BCUT2D eigenvalue weighted by Gasteiger charge is -2.38. The Bertz CT molecular complexity index is 374. The number of hydrogen-bond donors (Lipinski definition) is 2. The molecule has 1 heterocycles. The molecule has 2 rings (SSSR count). The highest BCUT2D eigenvalue weighted by Crippen LogP contribution is 2.34. The van der Waals surface area contributed by atoms with Gasteiger partial charge in [0.15, 0.2) is 0 Å². The molecule has 0 spiro atoms. The second-order valence-electron chi connectivity index (χ2n) is 6.20. The number of amides is 1. The zero-order chi connectivity index (χ0) is 14.8. The maximum absolute atomic E-state index is 12.3. The average molecular weight is 283 g/mol. The van der Waals surface area contributed by atoms with Gasteiger partial charge in [0.2, 0.25) is 5.91 Å². The van der Waals surface area contributed by atoms with Gasteiger partial charge in [0.1, 0.15) is 5.54 Å². The molecule has 1 aliphatic heterocycles. The Balaban J connectivity index is 2.03. The van der Waals surface area contributed by atoms with Gasteiger partial charge in [-0.3, -0.25) is 4.79 Å². The van der Waals surface area contributed by atoms with Crippen LogP contribution in [0.25, 0.3) is 0 Å². The summed E-state index contributed by atoms with van der Waals surface area (Å²) in [6, 6.07) is 0. The van der Waals surface area contributed by atoms with Crippen molar-refractivity contribution in [3.05, 3.63) is 0 Å². The zero-order valence-corrected chi connectivity index (χ0v) is 12.4. The van der Waals surface area contributed by atoms with E-state index in [2.05, 4.69) is 12.2 Å². The summed E-state index contributed by atoms with van der Waals surface area (Å²) in [6.07, 6.45) is 4.47. The number of aliphatic carboxylic acids is 1. The molecule has 2 N–H and O–H groups in total. The van der Waals surface area contributed by atoms with E-state index in [1.165, 1.54) is 0 Å². The van der Waals surface area contributed by atoms with Crippen LogP contribution in [0.5, 0.6) is 0 Å². The van der Waals surface area contributed by atoms with E-state index in [1.807, 2.05) is 6.92 Å². The molecule has 2 fully saturated rings. The summed E-state index contributed by atoms with van der Waals surface area (Å²) in [5, 5.41) is 12.4. The Hall–Kier alpha value is -1.10. The molecule has 0 bridgehead atoms. The topological polar surface area (TPSA) is 75.6 Å². The maximum Gasteiger partial charge on any atom is 0.329 e. The van der Waals surface area contributed by atoms with Crippen LogP contribution in [0, 0.1) is 11.8 Å². The summed E-state index contributed by atoms with van der Waals surface area (Å²) in [6.45, 7) is 4.59. The first kappa shape index (κ1) is 15.3. The molecule has 2 atom stereocenters. The molecule has 5 nitrogen and oxygen atoms in total. The lowest BCUT2D eigenvalue weighted by molar-refractivity contribution is -0.150. The molecule has 1 saturated heterocycles. The minimum absolute atomic E-state index is 0.118. The van der Waals surface area contributed by atoms with E-state index in [9.17, 15) is 14.7 Å². The fourth-order valence-corrected chi connectivity index (χ4v) is 3.38.